The smallest absolute Gasteiger partial charge is 0.251 e. The van der Waals surface area contributed by atoms with Gasteiger partial charge in [-0.3, -0.25) is 4.79 Å². The van der Waals surface area contributed by atoms with E-state index in [1.807, 2.05) is 18.4 Å². The summed E-state index contributed by atoms with van der Waals surface area (Å²) in [5.41, 5.74) is 1.62. The minimum Gasteiger partial charge on any atom is -0.370 e. The summed E-state index contributed by atoms with van der Waals surface area (Å²) in [7, 11) is 0. The molecule has 0 radical (unpaired) electrons. The van der Waals surface area contributed by atoms with Gasteiger partial charge in [-0.2, -0.15) is 11.8 Å². The van der Waals surface area contributed by atoms with Crippen LogP contribution in [0.15, 0.2) is 12.1 Å². The number of rotatable bonds is 8. The topological polar surface area (TPSA) is 54.0 Å². The van der Waals surface area contributed by atoms with E-state index in [0.29, 0.717) is 23.3 Å². The zero-order chi connectivity index (χ0) is 15.8. The lowest BCUT2D eigenvalue weighted by Crippen LogP contribution is -2.29. The summed E-state index contributed by atoms with van der Waals surface area (Å²) in [5.74, 6) is 1.05. The Labute approximate surface area is 132 Å². The van der Waals surface area contributed by atoms with Crippen molar-refractivity contribution in [3.05, 3.63) is 23.4 Å². The molecule has 5 heteroatoms. The molecule has 21 heavy (non-hydrogen) atoms. The van der Waals surface area contributed by atoms with Crippen molar-refractivity contribution in [2.75, 3.05) is 24.7 Å². The zero-order valence-electron chi connectivity index (χ0n) is 13.7. The molecule has 0 saturated carbocycles. The second-order valence-electron chi connectivity index (χ2n) is 5.50. The quantitative estimate of drug-likeness (QED) is 0.771. The molecule has 0 saturated heterocycles. The van der Waals surface area contributed by atoms with Crippen molar-refractivity contribution >= 4 is 23.5 Å². The molecular weight excluding hydrogens is 282 g/mol. The number of aromatic nitrogens is 1. The Morgan fingerprint density at radius 1 is 1.33 bits per heavy atom. The Morgan fingerprint density at radius 2 is 2.05 bits per heavy atom. The van der Waals surface area contributed by atoms with Gasteiger partial charge in [0.15, 0.2) is 0 Å². The zero-order valence-corrected chi connectivity index (χ0v) is 14.5. The predicted octanol–water partition coefficient (Wildman–Crippen LogP) is 3.51. The third-order valence-electron chi connectivity index (χ3n) is 3.21. The monoisotopic (exact) mass is 309 g/mol. The van der Waals surface area contributed by atoms with E-state index in [0.717, 1.165) is 24.5 Å². The van der Waals surface area contributed by atoms with Gasteiger partial charge < -0.3 is 10.6 Å². The van der Waals surface area contributed by atoms with Gasteiger partial charge in [-0.1, -0.05) is 27.7 Å². The Hall–Kier alpha value is -1.23. The van der Waals surface area contributed by atoms with Crippen molar-refractivity contribution in [3.8, 4) is 0 Å². The molecule has 1 atom stereocenters. The highest BCUT2D eigenvalue weighted by atomic mass is 32.2. The highest BCUT2D eigenvalue weighted by Gasteiger charge is 2.12. The van der Waals surface area contributed by atoms with Crippen LogP contribution in [0.25, 0.3) is 0 Å². The first-order valence-corrected chi connectivity index (χ1v) is 8.83. The molecule has 1 amide bonds. The molecule has 2 N–H and O–H groups in total. The second kappa shape index (κ2) is 8.93. The first kappa shape index (κ1) is 17.8. The number of carbonyl (C=O) groups excluding carboxylic acids is 1. The van der Waals surface area contributed by atoms with E-state index in [9.17, 15) is 4.79 Å². The molecule has 1 heterocycles. The highest BCUT2D eigenvalue weighted by molar-refractivity contribution is 7.99. The molecule has 1 rings (SSSR count). The Kier molecular flexibility index (Phi) is 7.57. The van der Waals surface area contributed by atoms with E-state index in [-0.39, 0.29) is 5.91 Å². The van der Waals surface area contributed by atoms with Crippen molar-refractivity contribution in [3.63, 3.8) is 0 Å². The first-order valence-electron chi connectivity index (χ1n) is 7.54. The summed E-state index contributed by atoms with van der Waals surface area (Å²) < 4.78 is 0. The van der Waals surface area contributed by atoms with Gasteiger partial charge in [0.25, 0.3) is 5.91 Å². The SMILES string of the molecule is CCCNc1cc(C(=O)NCC(C)SC)cc(C(C)C)n1. The predicted molar refractivity (Wildman–Crippen MR) is 92.4 cm³/mol. The van der Waals surface area contributed by atoms with E-state index in [4.69, 9.17) is 0 Å². The van der Waals surface area contributed by atoms with Crippen molar-refractivity contribution < 1.29 is 4.79 Å². The summed E-state index contributed by atoms with van der Waals surface area (Å²) in [6.07, 6.45) is 3.08. The lowest BCUT2D eigenvalue weighted by molar-refractivity contribution is 0.0954. The normalized spacial score (nSPS) is 12.3. The van der Waals surface area contributed by atoms with Gasteiger partial charge in [0.1, 0.15) is 5.82 Å². The number of amides is 1. The first-order chi connectivity index (χ1) is 9.97. The largest absolute Gasteiger partial charge is 0.370 e. The van der Waals surface area contributed by atoms with Crippen LogP contribution in [0, 0.1) is 0 Å². The molecule has 4 nitrogen and oxygen atoms in total. The third kappa shape index (κ3) is 5.96. The van der Waals surface area contributed by atoms with Gasteiger partial charge in [0, 0.05) is 29.6 Å². The molecule has 0 bridgehead atoms. The molecule has 0 spiro atoms. The Balaban J connectivity index is 2.88. The van der Waals surface area contributed by atoms with Crippen molar-refractivity contribution in [1.82, 2.24) is 10.3 Å². The average molecular weight is 309 g/mol. The molecule has 118 valence electrons. The number of nitrogens with zero attached hydrogens (tertiary/aromatic N) is 1. The summed E-state index contributed by atoms with van der Waals surface area (Å²) in [6.45, 7) is 9.92. The van der Waals surface area contributed by atoms with E-state index < -0.39 is 0 Å². The van der Waals surface area contributed by atoms with Crippen LogP contribution in [-0.2, 0) is 0 Å². The van der Waals surface area contributed by atoms with Crippen LogP contribution in [-0.4, -0.2) is 35.5 Å². The van der Waals surface area contributed by atoms with Gasteiger partial charge >= 0.3 is 0 Å². The number of pyridine rings is 1. The fourth-order valence-electron chi connectivity index (χ4n) is 1.74. The number of hydrogen-bond acceptors (Lipinski definition) is 4. The molecule has 1 aromatic heterocycles. The summed E-state index contributed by atoms with van der Waals surface area (Å²) >= 11 is 1.74. The molecular formula is C16H27N3OS. The van der Waals surface area contributed by atoms with Gasteiger partial charge in [-0.05, 0) is 30.7 Å². The molecule has 1 unspecified atom stereocenters. The van der Waals surface area contributed by atoms with Gasteiger partial charge in [-0.25, -0.2) is 4.98 Å². The summed E-state index contributed by atoms with van der Waals surface area (Å²) in [5, 5.41) is 6.66. The maximum Gasteiger partial charge on any atom is 0.251 e. The van der Waals surface area contributed by atoms with Crippen molar-refractivity contribution in [2.45, 2.75) is 45.3 Å². The maximum atomic E-state index is 12.3. The van der Waals surface area contributed by atoms with E-state index in [1.54, 1.807) is 11.8 Å². The van der Waals surface area contributed by atoms with Crippen LogP contribution in [0.2, 0.25) is 0 Å². The van der Waals surface area contributed by atoms with Crippen molar-refractivity contribution in [2.24, 2.45) is 0 Å². The lowest BCUT2D eigenvalue weighted by Gasteiger charge is -2.14. The molecule has 0 fully saturated rings. The van der Waals surface area contributed by atoms with E-state index >= 15 is 0 Å². The van der Waals surface area contributed by atoms with Crippen LogP contribution in [0.1, 0.15) is 56.1 Å². The number of thioether (sulfide) groups is 1. The van der Waals surface area contributed by atoms with Crippen LogP contribution in [0.5, 0.6) is 0 Å². The summed E-state index contributed by atoms with van der Waals surface area (Å²) in [6, 6.07) is 3.72. The molecule has 0 aliphatic heterocycles. The minimum atomic E-state index is -0.0280. The standard InChI is InChI=1S/C16H27N3OS/c1-6-7-17-15-9-13(8-14(19-15)11(2)3)16(20)18-10-12(4)21-5/h8-9,11-12H,6-7,10H2,1-5H3,(H,17,19)(H,18,20). The number of anilines is 1. The van der Waals surface area contributed by atoms with Crippen LogP contribution in [0.4, 0.5) is 5.82 Å². The second-order valence-corrected chi connectivity index (χ2v) is 6.78. The number of nitrogens with one attached hydrogen (secondary N) is 2. The molecule has 0 aliphatic rings. The van der Waals surface area contributed by atoms with Crippen LogP contribution in [0.3, 0.4) is 0 Å². The third-order valence-corrected chi connectivity index (χ3v) is 4.18. The average Bonchev–Trinajstić information content (AvgIpc) is 2.49. The number of carbonyl (C=O) groups is 1. The van der Waals surface area contributed by atoms with E-state index in [2.05, 4.69) is 43.3 Å². The lowest BCUT2D eigenvalue weighted by atomic mass is 10.1. The van der Waals surface area contributed by atoms with Crippen molar-refractivity contribution in [1.29, 1.82) is 0 Å². The van der Waals surface area contributed by atoms with Gasteiger partial charge in [0.2, 0.25) is 0 Å². The molecule has 1 aromatic rings. The maximum absolute atomic E-state index is 12.3. The Bertz CT molecular complexity index is 463. The van der Waals surface area contributed by atoms with Crippen LogP contribution < -0.4 is 10.6 Å². The minimum absolute atomic E-state index is 0.0280. The van der Waals surface area contributed by atoms with E-state index in [1.165, 1.54) is 0 Å². The summed E-state index contributed by atoms with van der Waals surface area (Å²) in [4.78, 5) is 16.9. The molecule has 0 aliphatic carbocycles. The van der Waals surface area contributed by atoms with Gasteiger partial charge in [0.05, 0.1) is 0 Å². The van der Waals surface area contributed by atoms with Gasteiger partial charge in [-0.15, -0.1) is 0 Å². The Morgan fingerprint density at radius 3 is 2.62 bits per heavy atom. The van der Waals surface area contributed by atoms with Crippen LogP contribution >= 0.6 is 11.8 Å². The molecule has 0 aromatic carbocycles. The number of hydrogen-bond donors (Lipinski definition) is 2. The fraction of sp³-hybridized carbons (Fsp3) is 0.625. The fourth-order valence-corrected chi connectivity index (χ4v) is 1.99. The highest BCUT2D eigenvalue weighted by Crippen LogP contribution is 2.18.